The van der Waals surface area contributed by atoms with Crippen LogP contribution in [-0.4, -0.2) is 56.6 Å². The van der Waals surface area contributed by atoms with Gasteiger partial charge in [0.15, 0.2) is 6.61 Å². The quantitative estimate of drug-likeness (QED) is 0.520. The van der Waals surface area contributed by atoms with Crippen molar-refractivity contribution in [3.8, 4) is 11.5 Å². The lowest BCUT2D eigenvalue weighted by Gasteiger charge is -2.18. The summed E-state index contributed by atoms with van der Waals surface area (Å²) in [6.07, 6.45) is 0. The monoisotopic (exact) mass is 467 g/mol. The first-order chi connectivity index (χ1) is 14.9. The van der Waals surface area contributed by atoms with Gasteiger partial charge in [0, 0.05) is 24.2 Å². The van der Waals surface area contributed by atoms with Crippen LogP contribution in [0.4, 0.5) is 5.69 Å². The second-order valence-corrected chi connectivity index (χ2v) is 7.45. The predicted molar refractivity (Wildman–Crippen MR) is 124 cm³/mol. The van der Waals surface area contributed by atoms with Gasteiger partial charge >= 0.3 is 0 Å². The minimum absolute atomic E-state index is 0.214. The summed E-state index contributed by atoms with van der Waals surface area (Å²) in [5.74, 6) is 0.115. The van der Waals surface area contributed by atoms with Crippen molar-refractivity contribution < 1.29 is 19.1 Å². The standard InChI is InChI=1S/C22H27Cl2N3O4/c1-4-27(5-2)11-10-25-22(29)17-12-18(24)19(13-20(17)30-3)26-21(28)14-31-16-8-6-15(23)7-9-16/h6-9,12-13H,4-5,10-11,14H2,1-3H3,(H,25,29)(H,26,28). The van der Waals surface area contributed by atoms with Gasteiger partial charge in [-0.15, -0.1) is 0 Å². The Bertz CT molecular complexity index is 887. The molecule has 0 aliphatic rings. The number of methoxy groups -OCH3 is 1. The van der Waals surface area contributed by atoms with Gasteiger partial charge in [0.25, 0.3) is 11.8 Å². The average Bonchev–Trinajstić information content (AvgIpc) is 2.77. The minimum Gasteiger partial charge on any atom is -0.496 e. The molecule has 0 saturated carbocycles. The van der Waals surface area contributed by atoms with E-state index in [1.165, 1.54) is 19.2 Å². The summed E-state index contributed by atoms with van der Waals surface area (Å²) in [5, 5.41) is 6.33. The van der Waals surface area contributed by atoms with Crippen LogP contribution in [0, 0.1) is 0 Å². The zero-order chi connectivity index (χ0) is 22.8. The number of carbonyl (C=O) groups excluding carboxylic acids is 2. The number of hydrogen-bond acceptors (Lipinski definition) is 5. The zero-order valence-corrected chi connectivity index (χ0v) is 19.3. The van der Waals surface area contributed by atoms with E-state index in [0.717, 1.165) is 19.6 Å². The van der Waals surface area contributed by atoms with Gasteiger partial charge in [-0.2, -0.15) is 0 Å². The lowest BCUT2D eigenvalue weighted by atomic mass is 10.1. The number of carbonyl (C=O) groups is 2. The van der Waals surface area contributed by atoms with E-state index in [2.05, 4.69) is 29.4 Å². The highest BCUT2D eigenvalue weighted by Crippen LogP contribution is 2.31. The highest BCUT2D eigenvalue weighted by molar-refractivity contribution is 6.34. The summed E-state index contributed by atoms with van der Waals surface area (Å²) < 4.78 is 10.8. The Morgan fingerprint density at radius 2 is 1.74 bits per heavy atom. The third kappa shape index (κ3) is 7.61. The van der Waals surface area contributed by atoms with Gasteiger partial charge in [0.1, 0.15) is 11.5 Å². The molecule has 0 aromatic heterocycles. The molecule has 0 fully saturated rings. The van der Waals surface area contributed by atoms with Crippen LogP contribution in [0.3, 0.4) is 0 Å². The van der Waals surface area contributed by atoms with Gasteiger partial charge in [-0.3, -0.25) is 9.59 Å². The van der Waals surface area contributed by atoms with Crippen LogP contribution in [0.2, 0.25) is 10.0 Å². The molecule has 2 aromatic carbocycles. The number of likely N-dealkylation sites (N-methyl/N-ethyl adjacent to an activating group) is 1. The number of halogens is 2. The van der Waals surface area contributed by atoms with E-state index >= 15 is 0 Å². The number of ether oxygens (including phenoxy) is 2. The largest absolute Gasteiger partial charge is 0.496 e. The molecular formula is C22H27Cl2N3O4. The maximum Gasteiger partial charge on any atom is 0.262 e. The summed E-state index contributed by atoms with van der Waals surface area (Å²) in [5.41, 5.74) is 0.616. The third-order valence-corrected chi connectivity index (χ3v) is 5.16. The Kier molecular flexibility index (Phi) is 9.91. The maximum atomic E-state index is 12.6. The molecule has 0 saturated heterocycles. The molecule has 168 valence electrons. The van der Waals surface area contributed by atoms with Crippen molar-refractivity contribution in [1.29, 1.82) is 0 Å². The first-order valence-corrected chi connectivity index (χ1v) is 10.7. The summed E-state index contributed by atoms with van der Waals surface area (Å²) in [4.78, 5) is 27.0. The van der Waals surface area contributed by atoms with Gasteiger partial charge in [0.05, 0.1) is 23.4 Å². The van der Waals surface area contributed by atoms with E-state index in [4.69, 9.17) is 32.7 Å². The van der Waals surface area contributed by atoms with E-state index in [-0.39, 0.29) is 17.5 Å². The topological polar surface area (TPSA) is 79.9 Å². The van der Waals surface area contributed by atoms with Crippen LogP contribution in [0.25, 0.3) is 0 Å². The average molecular weight is 468 g/mol. The second kappa shape index (κ2) is 12.4. The number of hydrogen-bond donors (Lipinski definition) is 2. The first-order valence-electron chi connectivity index (χ1n) is 9.94. The summed E-state index contributed by atoms with van der Waals surface area (Å²) in [7, 11) is 1.45. The molecule has 31 heavy (non-hydrogen) atoms. The molecule has 0 unspecified atom stereocenters. The van der Waals surface area contributed by atoms with Crippen molar-refractivity contribution in [3.05, 3.63) is 52.0 Å². The van der Waals surface area contributed by atoms with E-state index in [1.807, 2.05) is 0 Å². The van der Waals surface area contributed by atoms with E-state index < -0.39 is 5.91 Å². The summed E-state index contributed by atoms with van der Waals surface area (Å²) in [6, 6.07) is 9.66. The summed E-state index contributed by atoms with van der Waals surface area (Å²) in [6.45, 7) is 7.00. The highest BCUT2D eigenvalue weighted by Gasteiger charge is 2.17. The van der Waals surface area contributed by atoms with Crippen molar-refractivity contribution in [2.24, 2.45) is 0 Å². The smallest absolute Gasteiger partial charge is 0.262 e. The Morgan fingerprint density at radius 1 is 1.06 bits per heavy atom. The number of benzene rings is 2. The minimum atomic E-state index is -0.407. The molecule has 0 heterocycles. The molecule has 0 aliphatic heterocycles. The first kappa shape index (κ1) is 24.8. The molecule has 7 nitrogen and oxygen atoms in total. The number of anilines is 1. The van der Waals surface area contributed by atoms with Gasteiger partial charge < -0.3 is 25.0 Å². The lowest BCUT2D eigenvalue weighted by molar-refractivity contribution is -0.118. The van der Waals surface area contributed by atoms with E-state index in [1.54, 1.807) is 24.3 Å². The van der Waals surface area contributed by atoms with Gasteiger partial charge in [-0.25, -0.2) is 0 Å². The van der Waals surface area contributed by atoms with Crippen LogP contribution in [-0.2, 0) is 4.79 Å². The normalized spacial score (nSPS) is 10.6. The number of nitrogens with zero attached hydrogens (tertiary/aromatic N) is 1. The Morgan fingerprint density at radius 3 is 2.35 bits per heavy atom. The third-order valence-electron chi connectivity index (χ3n) is 4.60. The molecule has 2 N–H and O–H groups in total. The molecule has 2 aromatic rings. The molecule has 9 heteroatoms. The van der Waals surface area contributed by atoms with Crippen LogP contribution in [0.5, 0.6) is 11.5 Å². The fourth-order valence-corrected chi connectivity index (χ4v) is 3.16. The Hall–Kier alpha value is -2.48. The fraction of sp³-hybridized carbons (Fsp3) is 0.364. The number of amides is 2. The lowest BCUT2D eigenvalue weighted by Crippen LogP contribution is -2.35. The Labute approximate surface area is 192 Å². The molecular weight excluding hydrogens is 441 g/mol. The fourth-order valence-electron chi connectivity index (χ4n) is 2.82. The maximum absolute atomic E-state index is 12.6. The van der Waals surface area contributed by atoms with Crippen molar-refractivity contribution in [3.63, 3.8) is 0 Å². The SMILES string of the molecule is CCN(CC)CCNC(=O)c1cc(Cl)c(NC(=O)COc2ccc(Cl)cc2)cc1OC. The summed E-state index contributed by atoms with van der Waals surface area (Å²) >= 11 is 12.1. The van der Waals surface area contributed by atoms with E-state index in [9.17, 15) is 9.59 Å². The van der Waals surface area contributed by atoms with Crippen LogP contribution in [0.1, 0.15) is 24.2 Å². The Balaban J connectivity index is 1.99. The number of nitrogens with one attached hydrogen (secondary N) is 2. The van der Waals surface area contributed by atoms with Crippen LogP contribution in [0.15, 0.2) is 36.4 Å². The molecule has 0 radical (unpaired) electrons. The second-order valence-electron chi connectivity index (χ2n) is 6.61. The van der Waals surface area contributed by atoms with Crippen LogP contribution < -0.4 is 20.1 Å². The zero-order valence-electron chi connectivity index (χ0n) is 17.8. The molecule has 0 bridgehead atoms. The molecule has 0 atom stereocenters. The van der Waals surface area contributed by atoms with Crippen molar-refractivity contribution in [2.45, 2.75) is 13.8 Å². The van der Waals surface area contributed by atoms with Gasteiger partial charge in [0.2, 0.25) is 0 Å². The molecule has 0 aliphatic carbocycles. The van der Waals surface area contributed by atoms with Gasteiger partial charge in [-0.05, 0) is 43.4 Å². The van der Waals surface area contributed by atoms with Gasteiger partial charge in [-0.1, -0.05) is 37.0 Å². The molecule has 0 spiro atoms. The van der Waals surface area contributed by atoms with E-state index in [0.29, 0.717) is 34.3 Å². The van der Waals surface area contributed by atoms with Crippen molar-refractivity contribution >= 4 is 40.7 Å². The molecule has 2 amide bonds. The van der Waals surface area contributed by atoms with Crippen molar-refractivity contribution in [2.75, 3.05) is 45.2 Å². The predicted octanol–water partition coefficient (Wildman–Crippen LogP) is 4.09. The number of rotatable bonds is 11. The van der Waals surface area contributed by atoms with Crippen LogP contribution >= 0.6 is 23.2 Å². The highest BCUT2D eigenvalue weighted by atomic mass is 35.5. The molecule has 2 rings (SSSR count). The van der Waals surface area contributed by atoms with Crippen molar-refractivity contribution in [1.82, 2.24) is 10.2 Å².